The number of rotatable bonds is 4. The van der Waals surface area contributed by atoms with Crippen molar-refractivity contribution in [2.75, 3.05) is 12.4 Å². The molecule has 6 rings (SSSR count). The predicted molar refractivity (Wildman–Crippen MR) is 119 cm³/mol. The van der Waals surface area contributed by atoms with Crippen molar-refractivity contribution in [3.63, 3.8) is 0 Å². The molecule has 32 heavy (non-hydrogen) atoms. The Morgan fingerprint density at radius 3 is 2.72 bits per heavy atom. The second kappa shape index (κ2) is 7.13. The number of anilines is 2. The van der Waals surface area contributed by atoms with E-state index in [0.29, 0.717) is 23.4 Å². The van der Waals surface area contributed by atoms with Gasteiger partial charge in [-0.15, -0.1) is 0 Å². The zero-order valence-corrected chi connectivity index (χ0v) is 18.4. The maximum absolute atomic E-state index is 13.3. The summed E-state index contributed by atoms with van der Waals surface area (Å²) < 4.78 is 10.9. The molecule has 0 aliphatic heterocycles. The number of hydrogen-bond acceptors (Lipinski definition) is 7. The fourth-order valence-corrected chi connectivity index (χ4v) is 5.73. The van der Waals surface area contributed by atoms with Gasteiger partial charge in [0.25, 0.3) is 0 Å². The van der Waals surface area contributed by atoms with Crippen LogP contribution in [0.15, 0.2) is 29.6 Å². The van der Waals surface area contributed by atoms with E-state index in [1.165, 1.54) is 6.33 Å². The molecule has 0 aromatic carbocycles. The normalized spacial score (nSPS) is 25.1. The minimum atomic E-state index is -0.0237. The highest BCUT2D eigenvalue weighted by Crippen LogP contribution is 2.50. The highest BCUT2D eigenvalue weighted by Gasteiger charge is 2.45. The molecular weight excluding hydrogens is 408 g/mol. The molecule has 0 radical (unpaired) electrons. The van der Waals surface area contributed by atoms with E-state index in [4.69, 9.17) is 9.72 Å². The Morgan fingerprint density at radius 1 is 1.19 bits per heavy atom. The van der Waals surface area contributed by atoms with E-state index in [1.54, 1.807) is 29.4 Å². The molecule has 0 spiro atoms. The molecule has 4 heterocycles. The van der Waals surface area contributed by atoms with Crippen LogP contribution in [-0.2, 0) is 11.8 Å². The van der Waals surface area contributed by atoms with E-state index >= 15 is 0 Å². The van der Waals surface area contributed by atoms with Crippen LogP contribution in [0.4, 0.5) is 11.6 Å². The molecule has 0 saturated heterocycles. The van der Waals surface area contributed by atoms with Gasteiger partial charge in [0.15, 0.2) is 11.3 Å². The average molecular weight is 435 g/mol. The third-order valence-electron chi connectivity index (χ3n) is 7.34. The van der Waals surface area contributed by atoms with Gasteiger partial charge in [0, 0.05) is 20.2 Å². The smallest absolute Gasteiger partial charge is 0.330 e. The van der Waals surface area contributed by atoms with Crippen molar-refractivity contribution in [2.24, 2.45) is 18.9 Å². The molecule has 10 heteroatoms. The Morgan fingerprint density at radius 2 is 1.97 bits per heavy atom. The summed E-state index contributed by atoms with van der Waals surface area (Å²) in [6.07, 6.45) is 9.66. The third kappa shape index (κ3) is 2.85. The van der Waals surface area contributed by atoms with Crippen molar-refractivity contribution >= 4 is 28.4 Å². The fourth-order valence-electron chi connectivity index (χ4n) is 5.73. The Bertz CT molecular complexity index is 1370. The Balaban J connectivity index is 1.42. The van der Waals surface area contributed by atoms with Crippen LogP contribution < -0.4 is 11.0 Å². The van der Waals surface area contributed by atoms with Gasteiger partial charge >= 0.3 is 5.69 Å². The fraction of sp³-hybridized carbons (Fsp3) is 0.500. The number of nitrogens with zero attached hydrogens (tertiary/aromatic N) is 7. The maximum atomic E-state index is 13.3. The van der Waals surface area contributed by atoms with Gasteiger partial charge in [-0.25, -0.2) is 19.3 Å². The van der Waals surface area contributed by atoms with Crippen molar-refractivity contribution in [3.8, 4) is 0 Å². The minimum absolute atomic E-state index is 0.0237. The first kappa shape index (κ1) is 19.4. The number of aromatic nitrogens is 7. The number of ether oxygens (including phenoxy) is 1. The van der Waals surface area contributed by atoms with Gasteiger partial charge in [-0.2, -0.15) is 10.1 Å². The summed E-state index contributed by atoms with van der Waals surface area (Å²) in [6, 6.07) is 2.12. The van der Waals surface area contributed by atoms with Crippen LogP contribution >= 0.6 is 0 Å². The SMILES string of the molecule is COC1CC2CCC(C1)C2n1c(=O)n(C)c2cnc(Nc3cn4ncnc4cc3C)nc21. The lowest BCUT2D eigenvalue weighted by atomic mass is 9.82. The molecule has 2 unspecified atom stereocenters. The van der Waals surface area contributed by atoms with E-state index < -0.39 is 0 Å². The number of aryl methyl sites for hydroxylation is 2. The highest BCUT2D eigenvalue weighted by molar-refractivity contribution is 5.73. The quantitative estimate of drug-likeness (QED) is 0.526. The Labute approximate surface area is 184 Å². The molecule has 10 nitrogen and oxygen atoms in total. The molecule has 2 aliphatic rings. The second-order valence-electron chi connectivity index (χ2n) is 9.09. The minimum Gasteiger partial charge on any atom is -0.381 e. The van der Waals surface area contributed by atoms with Crippen LogP contribution in [0.1, 0.15) is 37.3 Å². The van der Waals surface area contributed by atoms with Gasteiger partial charge in [0.05, 0.1) is 24.2 Å². The van der Waals surface area contributed by atoms with Crippen LogP contribution in [-0.4, -0.2) is 46.9 Å². The summed E-state index contributed by atoms with van der Waals surface area (Å²) in [7, 11) is 3.58. The number of fused-ring (bicyclic) bond motifs is 4. The lowest BCUT2D eigenvalue weighted by Gasteiger charge is -2.35. The Kier molecular flexibility index (Phi) is 4.32. The molecule has 2 fully saturated rings. The summed E-state index contributed by atoms with van der Waals surface area (Å²) in [4.78, 5) is 26.8. The summed E-state index contributed by atoms with van der Waals surface area (Å²) in [5.74, 6) is 1.33. The van der Waals surface area contributed by atoms with Gasteiger partial charge in [-0.3, -0.25) is 9.13 Å². The number of imidazole rings is 1. The first-order valence-electron chi connectivity index (χ1n) is 11.1. The van der Waals surface area contributed by atoms with Crippen LogP contribution in [0.25, 0.3) is 16.8 Å². The molecule has 2 bridgehead atoms. The number of methoxy groups -OCH3 is 1. The van der Waals surface area contributed by atoms with Crippen LogP contribution in [0, 0.1) is 18.8 Å². The van der Waals surface area contributed by atoms with Crippen molar-refractivity contribution in [1.29, 1.82) is 0 Å². The van der Waals surface area contributed by atoms with Gasteiger partial charge in [0.1, 0.15) is 11.8 Å². The summed E-state index contributed by atoms with van der Waals surface area (Å²) in [5, 5.41) is 7.51. The monoisotopic (exact) mass is 434 g/mol. The van der Waals surface area contributed by atoms with E-state index in [0.717, 1.165) is 48.1 Å². The lowest BCUT2D eigenvalue weighted by Crippen LogP contribution is -2.37. The predicted octanol–water partition coefficient (Wildman–Crippen LogP) is 2.60. The van der Waals surface area contributed by atoms with Crippen LogP contribution in [0.3, 0.4) is 0 Å². The van der Waals surface area contributed by atoms with E-state index in [2.05, 4.69) is 20.4 Å². The summed E-state index contributed by atoms with van der Waals surface area (Å²) in [6.45, 7) is 2.00. The molecule has 166 valence electrons. The standard InChI is InChI=1S/C22H26N8O2/c1-12-6-18-24-11-25-29(18)10-16(12)26-21-23-9-17-20(27-21)30(22(31)28(17)2)19-13-4-5-14(19)8-15(7-13)32-3/h6,9-11,13-15,19H,4-5,7-8H2,1-3H3,(H,23,26,27). The zero-order valence-electron chi connectivity index (χ0n) is 18.4. The highest BCUT2D eigenvalue weighted by atomic mass is 16.5. The van der Waals surface area contributed by atoms with Crippen molar-refractivity contribution in [3.05, 3.63) is 40.8 Å². The van der Waals surface area contributed by atoms with Gasteiger partial charge in [0.2, 0.25) is 5.95 Å². The average Bonchev–Trinajstić information content (AvgIpc) is 3.41. The van der Waals surface area contributed by atoms with E-state index in [1.807, 2.05) is 23.8 Å². The first-order valence-corrected chi connectivity index (χ1v) is 11.1. The first-order chi connectivity index (χ1) is 15.5. The topological polar surface area (TPSA) is 104 Å². The Hall–Kier alpha value is -3.27. The van der Waals surface area contributed by atoms with E-state index in [-0.39, 0.29) is 17.8 Å². The second-order valence-corrected chi connectivity index (χ2v) is 9.09. The molecule has 4 aromatic heterocycles. The zero-order chi connectivity index (χ0) is 22.0. The van der Waals surface area contributed by atoms with Crippen LogP contribution in [0.5, 0.6) is 0 Å². The lowest BCUT2D eigenvalue weighted by molar-refractivity contribution is 0.0257. The number of nitrogens with one attached hydrogen (secondary N) is 1. The van der Waals surface area contributed by atoms with Gasteiger partial charge in [-0.05, 0) is 56.1 Å². The van der Waals surface area contributed by atoms with Crippen molar-refractivity contribution < 1.29 is 4.74 Å². The summed E-state index contributed by atoms with van der Waals surface area (Å²) >= 11 is 0. The van der Waals surface area contributed by atoms with E-state index in [9.17, 15) is 4.79 Å². The van der Waals surface area contributed by atoms with Gasteiger partial charge in [-0.1, -0.05) is 0 Å². The molecule has 2 atom stereocenters. The molecule has 0 amide bonds. The van der Waals surface area contributed by atoms with Crippen molar-refractivity contribution in [1.82, 2.24) is 33.7 Å². The maximum Gasteiger partial charge on any atom is 0.330 e. The molecule has 2 aliphatic carbocycles. The molecule has 4 aromatic rings. The molecule has 1 N–H and O–H groups in total. The molecular formula is C22H26N8O2. The number of pyridine rings is 1. The van der Waals surface area contributed by atoms with Crippen molar-refractivity contribution in [2.45, 2.75) is 44.8 Å². The van der Waals surface area contributed by atoms with Crippen LogP contribution in [0.2, 0.25) is 0 Å². The number of hydrogen-bond donors (Lipinski definition) is 1. The molecule has 2 saturated carbocycles. The largest absolute Gasteiger partial charge is 0.381 e. The summed E-state index contributed by atoms with van der Waals surface area (Å²) in [5.41, 5.74) is 4.04. The third-order valence-corrected chi connectivity index (χ3v) is 7.34. The van der Waals surface area contributed by atoms with Gasteiger partial charge < -0.3 is 10.1 Å².